The molecule has 0 aliphatic carbocycles. The zero-order chi connectivity index (χ0) is 15.6. The van der Waals surface area contributed by atoms with Crippen LogP contribution in [0.1, 0.15) is 12.0 Å². The van der Waals surface area contributed by atoms with Crippen molar-refractivity contribution in [2.45, 2.75) is 24.3 Å². The molecule has 9 heteroatoms. The van der Waals surface area contributed by atoms with Gasteiger partial charge < -0.3 is 5.32 Å². The molecule has 1 heterocycles. The van der Waals surface area contributed by atoms with Crippen molar-refractivity contribution in [3.05, 3.63) is 29.6 Å². The Balaban J connectivity index is 1.97. The number of halogens is 1. The molecule has 2 rings (SSSR count). The summed E-state index contributed by atoms with van der Waals surface area (Å²) in [5.41, 5.74) is 0.223. The van der Waals surface area contributed by atoms with Gasteiger partial charge in [-0.1, -0.05) is 0 Å². The molecule has 1 aromatic rings. The van der Waals surface area contributed by atoms with Crippen molar-refractivity contribution in [1.82, 2.24) is 15.4 Å². The van der Waals surface area contributed by atoms with Crippen LogP contribution >= 0.6 is 0 Å². The number of aryl methyl sites for hydroxylation is 1. The fourth-order valence-corrected chi connectivity index (χ4v) is 3.00. The lowest BCUT2D eigenvalue weighted by Gasteiger charge is -2.10. The molecule has 1 unspecified atom stereocenters. The summed E-state index contributed by atoms with van der Waals surface area (Å²) in [5.74, 6) is -0.976. The van der Waals surface area contributed by atoms with E-state index < -0.39 is 33.8 Å². The molecule has 1 saturated heterocycles. The van der Waals surface area contributed by atoms with Gasteiger partial charge in [-0.2, -0.15) is 0 Å². The highest BCUT2D eigenvalue weighted by Crippen LogP contribution is 2.14. The van der Waals surface area contributed by atoms with E-state index in [1.54, 1.807) is 0 Å². The van der Waals surface area contributed by atoms with E-state index in [9.17, 15) is 22.4 Å². The summed E-state index contributed by atoms with van der Waals surface area (Å²) in [7, 11) is -3.78. The van der Waals surface area contributed by atoms with Gasteiger partial charge in [-0.3, -0.25) is 10.1 Å². The van der Waals surface area contributed by atoms with Crippen LogP contribution in [0.15, 0.2) is 23.1 Å². The van der Waals surface area contributed by atoms with Gasteiger partial charge in [0.05, 0.1) is 4.90 Å². The molecule has 1 aromatic carbocycles. The summed E-state index contributed by atoms with van der Waals surface area (Å²) in [4.78, 5) is 22.1. The van der Waals surface area contributed by atoms with Crippen molar-refractivity contribution in [2.24, 2.45) is 0 Å². The number of carbonyl (C=O) groups is 2. The Hall–Kier alpha value is -2.00. The molecule has 7 nitrogen and oxygen atoms in total. The highest BCUT2D eigenvalue weighted by molar-refractivity contribution is 7.89. The lowest BCUT2D eigenvalue weighted by molar-refractivity contribution is -0.120. The van der Waals surface area contributed by atoms with Gasteiger partial charge in [-0.05, 0) is 37.1 Å². The number of amides is 3. The zero-order valence-electron chi connectivity index (χ0n) is 11.1. The summed E-state index contributed by atoms with van der Waals surface area (Å²) in [6.07, 6.45) is 0.122. The Morgan fingerprint density at radius 2 is 2.05 bits per heavy atom. The molecule has 0 bridgehead atoms. The molecule has 0 radical (unpaired) electrons. The van der Waals surface area contributed by atoms with Crippen molar-refractivity contribution in [3.63, 3.8) is 0 Å². The van der Waals surface area contributed by atoms with Crippen molar-refractivity contribution in [3.8, 4) is 0 Å². The molecular formula is C12H14FN3O4S. The summed E-state index contributed by atoms with van der Waals surface area (Å²) in [6.45, 7) is 1.43. The van der Waals surface area contributed by atoms with Gasteiger partial charge in [-0.15, -0.1) is 0 Å². The molecule has 114 valence electrons. The minimum absolute atomic E-state index is 0.0306. The van der Waals surface area contributed by atoms with Crippen molar-refractivity contribution < 1.29 is 22.4 Å². The molecule has 3 N–H and O–H groups in total. The van der Waals surface area contributed by atoms with E-state index >= 15 is 0 Å². The molecule has 0 spiro atoms. The lowest BCUT2D eigenvalue weighted by atomic mass is 10.2. The first kappa shape index (κ1) is 15.4. The fraction of sp³-hybridized carbons (Fsp3) is 0.333. The maximum absolute atomic E-state index is 13.1. The monoisotopic (exact) mass is 315 g/mol. The standard InChI is InChI=1S/C12H14FN3O4S/c1-7-6-8(2-3-9(7)13)21(19,20)14-5-4-10-11(17)16-12(18)15-10/h2-3,6,10,14H,4-5H2,1H3,(H2,15,16,17,18). The largest absolute Gasteiger partial charge is 0.326 e. The first-order valence-electron chi connectivity index (χ1n) is 6.17. The number of carbonyl (C=O) groups excluding carboxylic acids is 2. The van der Waals surface area contributed by atoms with Gasteiger partial charge >= 0.3 is 6.03 Å². The van der Waals surface area contributed by atoms with E-state index in [0.717, 1.165) is 12.1 Å². The van der Waals surface area contributed by atoms with Crippen LogP contribution in [-0.4, -0.2) is 32.9 Å². The minimum atomic E-state index is -3.78. The van der Waals surface area contributed by atoms with Crippen LogP contribution in [0.2, 0.25) is 0 Å². The number of benzene rings is 1. The van der Waals surface area contributed by atoms with Crippen LogP contribution in [0.25, 0.3) is 0 Å². The molecule has 1 aliphatic rings. The Morgan fingerprint density at radius 1 is 1.33 bits per heavy atom. The maximum Gasteiger partial charge on any atom is 0.322 e. The number of imide groups is 1. The second kappa shape index (κ2) is 5.78. The van der Waals surface area contributed by atoms with Crippen LogP contribution in [0, 0.1) is 12.7 Å². The molecule has 1 aliphatic heterocycles. The second-order valence-corrected chi connectivity index (χ2v) is 6.38. The SMILES string of the molecule is Cc1cc(S(=O)(=O)NCCC2NC(=O)NC2=O)ccc1F. The molecule has 0 saturated carbocycles. The molecule has 1 atom stereocenters. The highest BCUT2D eigenvalue weighted by Gasteiger charge is 2.29. The van der Waals surface area contributed by atoms with Gasteiger partial charge in [0.15, 0.2) is 0 Å². The second-order valence-electron chi connectivity index (χ2n) is 4.61. The van der Waals surface area contributed by atoms with Gasteiger partial charge in [0.25, 0.3) is 5.91 Å². The Morgan fingerprint density at radius 3 is 2.62 bits per heavy atom. The normalized spacial score (nSPS) is 18.5. The number of urea groups is 1. The summed E-state index contributed by atoms with van der Waals surface area (Å²) < 4.78 is 39.4. The number of sulfonamides is 1. The third-order valence-corrected chi connectivity index (χ3v) is 4.48. The average molecular weight is 315 g/mol. The first-order chi connectivity index (χ1) is 9.79. The van der Waals surface area contributed by atoms with E-state index in [4.69, 9.17) is 0 Å². The van der Waals surface area contributed by atoms with Crippen LogP contribution in [0.4, 0.5) is 9.18 Å². The molecule has 0 aromatic heterocycles. The minimum Gasteiger partial charge on any atom is -0.326 e. The smallest absolute Gasteiger partial charge is 0.322 e. The predicted molar refractivity (Wildman–Crippen MR) is 71.4 cm³/mol. The van der Waals surface area contributed by atoms with E-state index in [1.165, 1.54) is 13.0 Å². The molecule has 1 fully saturated rings. The van der Waals surface area contributed by atoms with Gasteiger partial charge in [0, 0.05) is 6.54 Å². The third kappa shape index (κ3) is 3.56. The lowest BCUT2D eigenvalue weighted by Crippen LogP contribution is -2.34. The zero-order valence-corrected chi connectivity index (χ0v) is 12.0. The number of rotatable bonds is 5. The van der Waals surface area contributed by atoms with Gasteiger partial charge in [0.1, 0.15) is 11.9 Å². The molecular weight excluding hydrogens is 301 g/mol. The average Bonchev–Trinajstić information content (AvgIpc) is 2.71. The fourth-order valence-electron chi connectivity index (χ4n) is 1.87. The number of nitrogens with one attached hydrogen (secondary N) is 3. The molecule has 21 heavy (non-hydrogen) atoms. The van der Waals surface area contributed by atoms with Crippen molar-refractivity contribution >= 4 is 22.0 Å². The van der Waals surface area contributed by atoms with E-state index in [0.29, 0.717) is 0 Å². The van der Waals surface area contributed by atoms with Crippen molar-refractivity contribution in [2.75, 3.05) is 6.54 Å². The number of hydrogen-bond donors (Lipinski definition) is 3. The Kier molecular flexibility index (Phi) is 4.24. The van der Waals surface area contributed by atoms with Crippen LogP contribution < -0.4 is 15.4 Å². The number of hydrogen-bond acceptors (Lipinski definition) is 4. The quantitative estimate of drug-likeness (QED) is 0.666. The first-order valence-corrected chi connectivity index (χ1v) is 7.65. The summed E-state index contributed by atoms with van der Waals surface area (Å²) in [5, 5.41) is 4.41. The van der Waals surface area contributed by atoms with Crippen molar-refractivity contribution in [1.29, 1.82) is 0 Å². The van der Waals surface area contributed by atoms with E-state index in [-0.39, 0.29) is 23.4 Å². The maximum atomic E-state index is 13.1. The Labute approximate surface area is 121 Å². The highest BCUT2D eigenvalue weighted by atomic mass is 32.2. The van der Waals surface area contributed by atoms with Crippen LogP contribution in [-0.2, 0) is 14.8 Å². The van der Waals surface area contributed by atoms with Crippen LogP contribution in [0.3, 0.4) is 0 Å². The van der Waals surface area contributed by atoms with Gasteiger partial charge in [0.2, 0.25) is 10.0 Å². The molecule has 3 amide bonds. The summed E-state index contributed by atoms with van der Waals surface area (Å²) >= 11 is 0. The van der Waals surface area contributed by atoms with Gasteiger partial charge in [-0.25, -0.2) is 22.3 Å². The van der Waals surface area contributed by atoms with E-state index in [1.807, 2.05) is 0 Å². The topological polar surface area (TPSA) is 104 Å². The predicted octanol–water partition coefficient (Wildman–Crippen LogP) is 0.0105. The Bertz CT molecular complexity index is 690. The third-order valence-electron chi connectivity index (χ3n) is 3.02. The van der Waals surface area contributed by atoms with Crippen LogP contribution in [0.5, 0.6) is 0 Å². The van der Waals surface area contributed by atoms with E-state index in [2.05, 4.69) is 15.4 Å². The summed E-state index contributed by atoms with van der Waals surface area (Å²) in [6, 6.07) is 2.11.